The van der Waals surface area contributed by atoms with Crippen molar-refractivity contribution in [3.63, 3.8) is 0 Å². The quantitative estimate of drug-likeness (QED) is 0.799. The minimum Gasteiger partial charge on any atom is -0.331 e. The largest absolute Gasteiger partial charge is 0.331 e. The molecule has 5 heteroatoms. The highest BCUT2D eigenvalue weighted by atomic mass is 15.3. The third-order valence-corrected chi connectivity index (χ3v) is 2.53. The highest BCUT2D eigenvalue weighted by Crippen LogP contribution is 2.30. The lowest BCUT2D eigenvalue weighted by Crippen LogP contribution is -2.24. The van der Waals surface area contributed by atoms with Gasteiger partial charge in [-0.25, -0.2) is 9.98 Å². The van der Waals surface area contributed by atoms with Gasteiger partial charge in [0.2, 0.25) is 0 Å². The molecule has 0 bridgehead atoms. The molecular weight excluding hydrogens is 190 g/mol. The van der Waals surface area contributed by atoms with Crippen LogP contribution in [0.25, 0.3) is 0 Å². The first-order valence-electron chi connectivity index (χ1n) is 5.12. The summed E-state index contributed by atoms with van der Waals surface area (Å²) >= 11 is 0. The second kappa shape index (κ2) is 3.66. The monoisotopic (exact) mass is 207 g/mol. The van der Waals surface area contributed by atoms with Crippen molar-refractivity contribution in [2.45, 2.75) is 26.1 Å². The zero-order valence-electron chi connectivity index (χ0n) is 9.60. The molecule has 1 aromatic heterocycles. The van der Waals surface area contributed by atoms with Crippen LogP contribution >= 0.6 is 0 Å². The van der Waals surface area contributed by atoms with Crippen molar-refractivity contribution >= 4 is 12.2 Å². The van der Waals surface area contributed by atoms with Crippen LogP contribution in [0.15, 0.2) is 11.3 Å². The van der Waals surface area contributed by atoms with Gasteiger partial charge in [0.1, 0.15) is 17.7 Å². The lowest BCUT2D eigenvalue weighted by Gasteiger charge is -2.24. The Morgan fingerprint density at radius 3 is 2.80 bits per heavy atom. The first-order valence-corrected chi connectivity index (χ1v) is 5.12. The van der Waals surface area contributed by atoms with Crippen LogP contribution in [0.3, 0.4) is 0 Å². The Kier molecular flexibility index (Phi) is 2.48. The highest BCUT2D eigenvalue weighted by molar-refractivity contribution is 5.78. The lowest BCUT2D eigenvalue weighted by molar-refractivity contribution is 0.304. The molecule has 2 heterocycles. The summed E-state index contributed by atoms with van der Waals surface area (Å²) < 4.78 is 2.12. The summed E-state index contributed by atoms with van der Waals surface area (Å²) in [6.07, 6.45) is 3.64. The fourth-order valence-corrected chi connectivity index (χ4v) is 1.72. The van der Waals surface area contributed by atoms with Gasteiger partial charge in [-0.15, -0.1) is 0 Å². The maximum absolute atomic E-state index is 4.43. The van der Waals surface area contributed by atoms with Gasteiger partial charge in [-0.3, -0.25) is 4.90 Å². The van der Waals surface area contributed by atoms with E-state index in [0.29, 0.717) is 6.04 Å². The molecule has 1 aliphatic rings. The zero-order valence-corrected chi connectivity index (χ0v) is 9.60. The second-order valence-electron chi connectivity index (χ2n) is 4.24. The van der Waals surface area contributed by atoms with Gasteiger partial charge in [-0.2, -0.15) is 0 Å². The maximum atomic E-state index is 4.43. The number of rotatable bonds is 2. The molecule has 15 heavy (non-hydrogen) atoms. The van der Waals surface area contributed by atoms with Crippen molar-refractivity contribution in [3.05, 3.63) is 12.0 Å². The topological polar surface area (TPSA) is 45.5 Å². The fraction of sp³-hybridized carbons (Fsp3) is 0.600. The number of nitrogens with one attached hydrogen (secondary N) is 1. The van der Waals surface area contributed by atoms with Gasteiger partial charge < -0.3 is 9.88 Å². The van der Waals surface area contributed by atoms with Crippen molar-refractivity contribution in [1.82, 2.24) is 14.5 Å². The van der Waals surface area contributed by atoms with Crippen LogP contribution in [0.2, 0.25) is 0 Å². The Balaban J connectivity index is 2.41. The number of nitrogens with zero attached hydrogens (tertiary/aromatic N) is 4. The minimum absolute atomic E-state index is 0.0289. The average molecular weight is 207 g/mol. The molecule has 5 nitrogen and oxygen atoms in total. The van der Waals surface area contributed by atoms with E-state index in [-0.39, 0.29) is 6.17 Å². The molecule has 0 spiro atoms. The van der Waals surface area contributed by atoms with E-state index in [1.807, 2.05) is 25.3 Å². The van der Waals surface area contributed by atoms with Crippen LogP contribution in [0, 0.1) is 0 Å². The third kappa shape index (κ3) is 1.63. The van der Waals surface area contributed by atoms with Crippen molar-refractivity contribution in [2.75, 3.05) is 19.4 Å². The molecule has 1 unspecified atom stereocenters. The van der Waals surface area contributed by atoms with Gasteiger partial charge in [0.15, 0.2) is 0 Å². The molecule has 1 N–H and O–H groups in total. The standard InChI is InChI=1S/C10H17N5/c1-7(2)15-6-13-8-9(14(3)4)11-5-12-10(8)15/h5-7,9H,1-4H3,(H,11,12). The Labute approximate surface area is 89.8 Å². The van der Waals surface area contributed by atoms with Crippen LogP contribution in [0.4, 0.5) is 5.82 Å². The molecule has 0 fully saturated rings. The Morgan fingerprint density at radius 1 is 1.47 bits per heavy atom. The maximum Gasteiger partial charge on any atom is 0.150 e. The van der Waals surface area contributed by atoms with Crippen LogP contribution in [0.5, 0.6) is 0 Å². The number of imidazole rings is 1. The number of hydrogen-bond donors (Lipinski definition) is 1. The smallest absolute Gasteiger partial charge is 0.150 e. The summed E-state index contributed by atoms with van der Waals surface area (Å²) in [5.41, 5.74) is 0.996. The van der Waals surface area contributed by atoms with Crippen LogP contribution in [0.1, 0.15) is 31.7 Å². The Hall–Kier alpha value is -1.36. The first-order chi connectivity index (χ1) is 7.11. The van der Waals surface area contributed by atoms with Crippen LogP contribution in [-0.2, 0) is 0 Å². The number of fused-ring (bicyclic) bond motifs is 1. The normalized spacial score (nSPS) is 19.5. The second-order valence-corrected chi connectivity index (χ2v) is 4.24. The summed E-state index contributed by atoms with van der Waals surface area (Å²) in [7, 11) is 4.01. The van der Waals surface area contributed by atoms with Crippen molar-refractivity contribution in [2.24, 2.45) is 4.99 Å². The highest BCUT2D eigenvalue weighted by Gasteiger charge is 2.24. The summed E-state index contributed by atoms with van der Waals surface area (Å²) in [5, 5.41) is 3.16. The fourth-order valence-electron chi connectivity index (χ4n) is 1.72. The summed E-state index contributed by atoms with van der Waals surface area (Å²) in [6.45, 7) is 4.28. The molecule has 0 aliphatic carbocycles. The van der Waals surface area contributed by atoms with Crippen molar-refractivity contribution < 1.29 is 0 Å². The predicted molar refractivity (Wildman–Crippen MR) is 61.2 cm³/mol. The van der Waals surface area contributed by atoms with Gasteiger partial charge >= 0.3 is 0 Å². The predicted octanol–water partition coefficient (Wildman–Crippen LogP) is 1.48. The first kappa shape index (κ1) is 10.2. The van der Waals surface area contributed by atoms with Gasteiger partial charge in [0, 0.05) is 6.04 Å². The van der Waals surface area contributed by atoms with E-state index in [0.717, 1.165) is 11.5 Å². The van der Waals surface area contributed by atoms with Gasteiger partial charge in [0.25, 0.3) is 0 Å². The Bertz CT molecular complexity index is 377. The molecular formula is C10H17N5. The molecule has 1 atom stereocenters. The lowest BCUT2D eigenvalue weighted by atomic mass is 10.3. The number of aromatic nitrogens is 2. The van der Waals surface area contributed by atoms with E-state index < -0.39 is 0 Å². The van der Waals surface area contributed by atoms with Gasteiger partial charge in [-0.05, 0) is 27.9 Å². The van der Waals surface area contributed by atoms with E-state index in [2.05, 4.69) is 33.7 Å². The van der Waals surface area contributed by atoms with E-state index >= 15 is 0 Å². The van der Waals surface area contributed by atoms with E-state index in [1.54, 1.807) is 6.34 Å². The van der Waals surface area contributed by atoms with E-state index in [4.69, 9.17) is 0 Å². The minimum atomic E-state index is 0.0289. The Morgan fingerprint density at radius 2 is 2.20 bits per heavy atom. The summed E-state index contributed by atoms with van der Waals surface area (Å²) in [4.78, 5) is 10.8. The zero-order chi connectivity index (χ0) is 11.0. The number of hydrogen-bond acceptors (Lipinski definition) is 4. The number of aliphatic imine (C=N–C) groups is 1. The van der Waals surface area contributed by atoms with E-state index in [9.17, 15) is 0 Å². The molecule has 0 amide bonds. The van der Waals surface area contributed by atoms with Gasteiger partial charge in [-0.1, -0.05) is 0 Å². The van der Waals surface area contributed by atoms with Crippen molar-refractivity contribution in [3.8, 4) is 0 Å². The van der Waals surface area contributed by atoms with Crippen LogP contribution < -0.4 is 5.32 Å². The molecule has 2 rings (SSSR count). The molecule has 1 aliphatic heterocycles. The molecule has 0 saturated carbocycles. The average Bonchev–Trinajstić information content (AvgIpc) is 2.59. The number of anilines is 1. The van der Waals surface area contributed by atoms with Crippen LogP contribution in [-0.4, -0.2) is 34.9 Å². The molecule has 0 saturated heterocycles. The third-order valence-electron chi connectivity index (χ3n) is 2.53. The van der Waals surface area contributed by atoms with Crippen molar-refractivity contribution in [1.29, 1.82) is 0 Å². The molecule has 0 radical (unpaired) electrons. The molecule has 0 aromatic carbocycles. The SMILES string of the molecule is CC(C)n1cnc2c1NC=NC2N(C)C. The van der Waals surface area contributed by atoms with E-state index in [1.165, 1.54) is 0 Å². The molecule has 82 valence electrons. The van der Waals surface area contributed by atoms with Gasteiger partial charge in [0.05, 0.1) is 12.7 Å². The summed E-state index contributed by atoms with van der Waals surface area (Å²) in [5.74, 6) is 1.05. The summed E-state index contributed by atoms with van der Waals surface area (Å²) in [6, 6.07) is 0.406. The molecule has 1 aromatic rings.